The first-order valence-corrected chi connectivity index (χ1v) is 4.40. The molecule has 0 atom stereocenters. The molecule has 0 unspecified atom stereocenters. The summed E-state index contributed by atoms with van der Waals surface area (Å²) in [5.74, 6) is 0.868. The van der Waals surface area contributed by atoms with Gasteiger partial charge in [0.05, 0.1) is 0 Å². The molecule has 1 rings (SSSR count). The minimum Gasteiger partial charge on any atom is -0.482 e. The van der Waals surface area contributed by atoms with Gasteiger partial charge in [0.2, 0.25) is 0 Å². The van der Waals surface area contributed by atoms with Crippen molar-refractivity contribution in [1.82, 2.24) is 0 Å². The lowest BCUT2D eigenvalue weighted by Crippen LogP contribution is -1.87. The van der Waals surface area contributed by atoms with Crippen molar-refractivity contribution in [3.05, 3.63) is 36.4 Å². The van der Waals surface area contributed by atoms with Gasteiger partial charge in [-0.1, -0.05) is 24.8 Å². The molecular formula is C9H9BrO. The second-order valence-corrected chi connectivity index (χ2v) is 2.48. The van der Waals surface area contributed by atoms with Crippen LogP contribution in [0.4, 0.5) is 0 Å². The van der Waals surface area contributed by atoms with E-state index in [1.165, 1.54) is 0 Å². The lowest BCUT2D eigenvalue weighted by molar-refractivity contribution is 0.398. The van der Waals surface area contributed by atoms with E-state index in [1.54, 1.807) is 6.08 Å². The molecule has 1 aromatic rings. The second kappa shape index (κ2) is 4.19. The third-order valence-corrected chi connectivity index (χ3v) is 1.57. The Bertz CT molecular complexity index is 228. The van der Waals surface area contributed by atoms with Crippen LogP contribution in [0.2, 0.25) is 0 Å². The summed E-state index contributed by atoms with van der Waals surface area (Å²) in [7, 11) is 0. The summed E-state index contributed by atoms with van der Waals surface area (Å²) in [6.07, 6.45) is 1.80. The molecule has 0 aliphatic carbocycles. The summed E-state index contributed by atoms with van der Waals surface area (Å²) in [6, 6.07) is 7.76. The number of hydrogen-bond acceptors (Lipinski definition) is 1. The maximum absolute atomic E-state index is 5.19. The Labute approximate surface area is 74.8 Å². The summed E-state index contributed by atoms with van der Waals surface area (Å²) >= 11 is 3.18. The van der Waals surface area contributed by atoms with Gasteiger partial charge < -0.3 is 4.74 Å². The van der Waals surface area contributed by atoms with Gasteiger partial charge in [0.25, 0.3) is 0 Å². The molecule has 0 N–H and O–H groups in total. The summed E-state index contributed by atoms with van der Waals surface area (Å²) in [4.78, 5) is 0. The lowest BCUT2D eigenvalue weighted by atomic mass is 10.2. The molecule has 2 heteroatoms. The van der Waals surface area contributed by atoms with Crippen molar-refractivity contribution < 1.29 is 4.74 Å². The van der Waals surface area contributed by atoms with Crippen LogP contribution >= 0.6 is 15.9 Å². The fourth-order valence-corrected chi connectivity index (χ4v) is 1.03. The molecule has 1 aromatic carbocycles. The number of alkyl halides is 1. The Kier molecular flexibility index (Phi) is 3.17. The summed E-state index contributed by atoms with van der Waals surface area (Å²) in [6.45, 7) is 3.66. The zero-order chi connectivity index (χ0) is 8.10. The largest absolute Gasteiger partial charge is 0.482 e. The fraction of sp³-hybridized carbons (Fsp3) is 0.111. The number of halogens is 1. The van der Waals surface area contributed by atoms with E-state index in [0.29, 0.717) is 5.52 Å². The number of ether oxygens (including phenoxy) is 1. The maximum Gasteiger partial charge on any atom is 0.143 e. The van der Waals surface area contributed by atoms with Gasteiger partial charge in [-0.25, -0.2) is 0 Å². The van der Waals surface area contributed by atoms with Crippen LogP contribution in [0, 0.1) is 0 Å². The fourth-order valence-electron chi connectivity index (χ4n) is 0.763. The standard InChI is InChI=1S/C9H9BrO/c1-2-8-3-5-9(6-4-8)11-7-10/h2-6H,1,7H2. The molecule has 0 saturated carbocycles. The van der Waals surface area contributed by atoms with Crippen LogP contribution in [0.5, 0.6) is 5.75 Å². The highest BCUT2D eigenvalue weighted by molar-refractivity contribution is 9.09. The number of hydrogen-bond donors (Lipinski definition) is 0. The van der Waals surface area contributed by atoms with E-state index in [9.17, 15) is 0 Å². The minimum atomic E-state index is 0.528. The Morgan fingerprint density at radius 2 is 2.00 bits per heavy atom. The molecule has 0 spiro atoms. The van der Waals surface area contributed by atoms with Crippen molar-refractivity contribution in [1.29, 1.82) is 0 Å². The van der Waals surface area contributed by atoms with E-state index in [-0.39, 0.29) is 0 Å². The quantitative estimate of drug-likeness (QED) is 0.701. The Morgan fingerprint density at radius 1 is 1.36 bits per heavy atom. The highest BCUT2D eigenvalue weighted by Crippen LogP contribution is 2.12. The second-order valence-electron chi connectivity index (χ2n) is 2.03. The van der Waals surface area contributed by atoms with Gasteiger partial charge in [-0.3, -0.25) is 0 Å². The molecule has 58 valence electrons. The zero-order valence-electron chi connectivity index (χ0n) is 6.09. The van der Waals surface area contributed by atoms with Gasteiger partial charge in [0.15, 0.2) is 0 Å². The van der Waals surface area contributed by atoms with Gasteiger partial charge in [0, 0.05) is 0 Å². The average molecular weight is 213 g/mol. The first-order chi connectivity index (χ1) is 5.36. The minimum absolute atomic E-state index is 0.528. The van der Waals surface area contributed by atoms with E-state index < -0.39 is 0 Å². The maximum atomic E-state index is 5.19. The normalized spacial score (nSPS) is 9.18. The van der Waals surface area contributed by atoms with Gasteiger partial charge in [-0.2, -0.15) is 0 Å². The Balaban J connectivity index is 2.74. The van der Waals surface area contributed by atoms with Crippen LogP contribution in [0.1, 0.15) is 5.56 Å². The van der Waals surface area contributed by atoms with Crippen LogP contribution < -0.4 is 4.74 Å². The Hall–Kier alpha value is -0.760. The first-order valence-electron chi connectivity index (χ1n) is 3.28. The van der Waals surface area contributed by atoms with E-state index in [2.05, 4.69) is 22.5 Å². The topological polar surface area (TPSA) is 9.23 Å². The molecular weight excluding hydrogens is 204 g/mol. The molecule has 0 fully saturated rings. The van der Waals surface area contributed by atoms with Gasteiger partial charge in [-0.05, 0) is 33.6 Å². The van der Waals surface area contributed by atoms with Crippen molar-refractivity contribution in [3.63, 3.8) is 0 Å². The average Bonchev–Trinajstić information content (AvgIpc) is 2.07. The summed E-state index contributed by atoms with van der Waals surface area (Å²) < 4.78 is 5.19. The highest BCUT2D eigenvalue weighted by atomic mass is 79.9. The van der Waals surface area contributed by atoms with Crippen LogP contribution in [0.25, 0.3) is 6.08 Å². The van der Waals surface area contributed by atoms with E-state index in [0.717, 1.165) is 11.3 Å². The lowest BCUT2D eigenvalue weighted by Gasteiger charge is -2.00. The van der Waals surface area contributed by atoms with Crippen LogP contribution in [0.3, 0.4) is 0 Å². The molecule has 0 saturated heterocycles. The van der Waals surface area contributed by atoms with E-state index in [4.69, 9.17) is 4.74 Å². The number of rotatable bonds is 3. The van der Waals surface area contributed by atoms with Crippen LogP contribution in [-0.4, -0.2) is 5.52 Å². The van der Waals surface area contributed by atoms with Gasteiger partial charge >= 0.3 is 0 Å². The highest BCUT2D eigenvalue weighted by Gasteiger charge is 1.89. The van der Waals surface area contributed by atoms with Crippen molar-refractivity contribution in [2.24, 2.45) is 0 Å². The monoisotopic (exact) mass is 212 g/mol. The van der Waals surface area contributed by atoms with Crippen LogP contribution in [0.15, 0.2) is 30.8 Å². The molecule has 0 bridgehead atoms. The molecule has 11 heavy (non-hydrogen) atoms. The van der Waals surface area contributed by atoms with Gasteiger partial charge in [-0.15, -0.1) is 0 Å². The summed E-state index contributed by atoms with van der Waals surface area (Å²) in [5, 5.41) is 0. The van der Waals surface area contributed by atoms with E-state index in [1.807, 2.05) is 24.3 Å². The SMILES string of the molecule is C=Cc1ccc(OCBr)cc1. The molecule has 0 heterocycles. The zero-order valence-corrected chi connectivity index (χ0v) is 7.67. The number of benzene rings is 1. The van der Waals surface area contributed by atoms with Crippen molar-refractivity contribution in [3.8, 4) is 5.75 Å². The molecule has 1 nitrogen and oxygen atoms in total. The van der Waals surface area contributed by atoms with Crippen molar-refractivity contribution in [2.45, 2.75) is 0 Å². The van der Waals surface area contributed by atoms with E-state index >= 15 is 0 Å². The smallest absolute Gasteiger partial charge is 0.143 e. The van der Waals surface area contributed by atoms with Crippen molar-refractivity contribution >= 4 is 22.0 Å². The third-order valence-electron chi connectivity index (χ3n) is 1.34. The molecule has 0 aromatic heterocycles. The van der Waals surface area contributed by atoms with Crippen molar-refractivity contribution in [2.75, 3.05) is 5.52 Å². The van der Waals surface area contributed by atoms with Crippen LogP contribution in [-0.2, 0) is 0 Å². The molecule has 0 radical (unpaired) electrons. The predicted octanol–water partition coefficient (Wildman–Crippen LogP) is 3.06. The molecule has 0 aliphatic rings. The molecule has 0 aliphatic heterocycles. The predicted molar refractivity (Wildman–Crippen MR) is 51.0 cm³/mol. The Morgan fingerprint density at radius 3 is 2.45 bits per heavy atom. The third kappa shape index (κ3) is 2.39. The molecule has 0 amide bonds. The first kappa shape index (κ1) is 8.34. The summed E-state index contributed by atoms with van der Waals surface area (Å²) in [5.41, 5.74) is 1.63. The van der Waals surface area contributed by atoms with Gasteiger partial charge in [0.1, 0.15) is 11.3 Å².